The van der Waals surface area contributed by atoms with Crippen LogP contribution in [0.25, 0.3) is 0 Å². The molecule has 6 aliphatic rings. The summed E-state index contributed by atoms with van der Waals surface area (Å²) in [6.45, 7) is 18.8. The van der Waals surface area contributed by atoms with Gasteiger partial charge < -0.3 is 54.1 Å². The fourth-order valence-electron chi connectivity index (χ4n) is 11.5. The number of aliphatic carboxylic acids is 1. The van der Waals surface area contributed by atoms with Crippen molar-refractivity contribution in [1.29, 1.82) is 0 Å². The van der Waals surface area contributed by atoms with E-state index in [9.17, 15) is 39.6 Å². The molecule has 3 amide bonds. The average Bonchev–Trinajstić information content (AvgIpc) is 3.82. The summed E-state index contributed by atoms with van der Waals surface area (Å²) in [5, 5.41) is 45.0. The zero-order valence-corrected chi connectivity index (χ0v) is 44.9. The van der Waals surface area contributed by atoms with Crippen LogP contribution in [0.3, 0.4) is 0 Å². The Balaban J connectivity index is 0.972. The van der Waals surface area contributed by atoms with Gasteiger partial charge in [0, 0.05) is 60.1 Å². The number of piperidine rings is 1. The molecule has 0 unspecified atom stereocenters. The van der Waals surface area contributed by atoms with Crippen molar-refractivity contribution in [3.05, 3.63) is 92.1 Å². The SMILES string of the molecule is CC(C)=CCC/C(C)=C/CC[C@@]1(C)Oc2c(c(O)cc3c2CN(CCC[C@@H](C(=O)O)N2Cc4c(cc(OC(=O)N5CCC6(CC5)COC6)c5c4O[C@](C)(CC/C=C(\C)CCC=C(C)C)[C@@H](O)C5)C2=O)C3=O)C[C@@H]1O. The number of ether oxygens (including phenoxy) is 4. The Morgan fingerprint density at radius 3 is 1.82 bits per heavy atom. The zero-order valence-electron chi connectivity index (χ0n) is 44.9. The number of carbonyl (C=O) groups is 4. The number of aliphatic hydroxyl groups excluding tert-OH is 2. The summed E-state index contributed by atoms with van der Waals surface area (Å²) in [6, 6.07) is 1.66. The van der Waals surface area contributed by atoms with Gasteiger partial charge in [-0.3, -0.25) is 9.59 Å². The van der Waals surface area contributed by atoms with Gasteiger partial charge in [-0.1, -0.05) is 46.6 Å². The monoisotopic (exact) mass is 1020 g/mol. The molecule has 0 aliphatic carbocycles. The summed E-state index contributed by atoms with van der Waals surface area (Å²) in [6.07, 6.45) is 14.5. The summed E-state index contributed by atoms with van der Waals surface area (Å²) >= 11 is 0. The molecule has 15 nitrogen and oxygen atoms in total. The third-order valence-corrected chi connectivity index (χ3v) is 16.6. The van der Waals surface area contributed by atoms with Gasteiger partial charge in [-0.05, 0) is 145 Å². The highest BCUT2D eigenvalue weighted by molar-refractivity contribution is 6.02. The van der Waals surface area contributed by atoms with Gasteiger partial charge in [0.25, 0.3) is 11.8 Å². The van der Waals surface area contributed by atoms with Crippen molar-refractivity contribution in [3.8, 4) is 23.0 Å². The number of phenols is 1. The predicted molar refractivity (Wildman–Crippen MR) is 281 cm³/mol. The molecule has 1 spiro atoms. The first-order chi connectivity index (χ1) is 35.1. The lowest BCUT2D eigenvalue weighted by atomic mass is 9.77. The van der Waals surface area contributed by atoms with Crippen LogP contribution in [-0.2, 0) is 35.5 Å². The number of nitrogens with zero attached hydrogens (tertiary/aromatic N) is 3. The molecule has 4 N–H and O–H groups in total. The minimum absolute atomic E-state index is 0.0166. The fourth-order valence-corrected chi connectivity index (χ4v) is 11.5. The number of benzene rings is 2. The molecule has 2 aromatic rings. The van der Waals surface area contributed by atoms with Crippen LogP contribution in [-0.4, -0.2) is 121 Å². The number of rotatable bonds is 19. The molecule has 5 atom stereocenters. The maximum Gasteiger partial charge on any atom is 0.415 e. The Kier molecular flexibility index (Phi) is 16.5. The van der Waals surface area contributed by atoms with Gasteiger partial charge in [-0.15, -0.1) is 0 Å². The van der Waals surface area contributed by atoms with Crippen molar-refractivity contribution < 1.29 is 58.6 Å². The van der Waals surface area contributed by atoms with Crippen molar-refractivity contribution >= 4 is 23.9 Å². The standard InChI is InChI=1S/C59H79N3O12/c1-36(2)14-9-16-38(5)18-11-21-57(7)49(64)30-42-47(63)28-40-44(51(42)73-57)32-61(53(40)66)25-13-20-46(55(68)69)62-33-45-41(54(62)67)29-48(72-56(70)60-26-23-59(24-27-60)34-71-35-59)43-31-50(65)58(8,74-52(43)45)22-12-19-39(6)17-10-15-37(3)4/h14-15,18-19,28-29,46,49-50,63-65H,9-13,16-17,20-27,30-35H2,1-8H3,(H,68,69)/b38-18+,39-19+/t46-,49-,50-,57+,58+/m0/s1. The molecule has 2 saturated heterocycles. The molecule has 2 fully saturated rings. The number of aliphatic hydroxyl groups is 2. The second kappa shape index (κ2) is 22.3. The van der Waals surface area contributed by atoms with E-state index in [1.807, 2.05) is 13.8 Å². The molecule has 0 aromatic heterocycles. The van der Waals surface area contributed by atoms with Crippen LogP contribution in [0.15, 0.2) is 58.7 Å². The third-order valence-electron chi connectivity index (χ3n) is 16.6. The first kappa shape index (κ1) is 54.6. The summed E-state index contributed by atoms with van der Waals surface area (Å²) < 4.78 is 25.0. The second-order valence-electron chi connectivity index (χ2n) is 23.0. The number of allylic oxidation sites excluding steroid dienone is 8. The van der Waals surface area contributed by atoms with Crippen molar-refractivity contribution in [2.45, 2.75) is 188 Å². The number of carboxylic acids is 1. The van der Waals surface area contributed by atoms with Crippen LogP contribution in [0.2, 0.25) is 0 Å². The molecule has 0 radical (unpaired) electrons. The zero-order chi connectivity index (χ0) is 53.3. The number of likely N-dealkylation sites (tertiary alicyclic amines) is 1. The summed E-state index contributed by atoms with van der Waals surface area (Å²) in [7, 11) is 0. The van der Waals surface area contributed by atoms with Crippen molar-refractivity contribution in [2.24, 2.45) is 5.41 Å². The normalized spacial score (nSPS) is 24.3. The number of carbonyl (C=O) groups excluding carboxylic acids is 3. The lowest BCUT2D eigenvalue weighted by Gasteiger charge is -2.46. The number of fused-ring (bicyclic) bond motifs is 6. The first-order valence-corrected chi connectivity index (χ1v) is 26.9. The van der Waals surface area contributed by atoms with Gasteiger partial charge in [0.1, 0.15) is 40.2 Å². The lowest BCUT2D eigenvalue weighted by molar-refractivity contribution is -0.142. The number of hydrogen-bond acceptors (Lipinski definition) is 11. The Morgan fingerprint density at radius 2 is 1.28 bits per heavy atom. The average molecular weight is 1020 g/mol. The third kappa shape index (κ3) is 11.6. The topological polar surface area (TPSA) is 196 Å². The fraction of sp³-hybridized carbons (Fsp3) is 0.593. The molecule has 74 heavy (non-hydrogen) atoms. The highest BCUT2D eigenvalue weighted by Gasteiger charge is 2.48. The maximum atomic E-state index is 14.6. The van der Waals surface area contributed by atoms with Gasteiger partial charge in [0.15, 0.2) is 0 Å². The second-order valence-corrected chi connectivity index (χ2v) is 23.0. The van der Waals surface area contributed by atoms with E-state index in [4.69, 9.17) is 18.9 Å². The Bertz CT molecular complexity index is 2630. The smallest absolute Gasteiger partial charge is 0.415 e. The van der Waals surface area contributed by atoms with E-state index in [1.54, 1.807) is 9.80 Å². The molecule has 6 heterocycles. The van der Waals surface area contributed by atoms with Crippen LogP contribution in [0, 0.1) is 5.41 Å². The quantitative estimate of drug-likeness (QED) is 0.0974. The molecule has 0 bridgehead atoms. The Morgan fingerprint density at radius 1 is 0.743 bits per heavy atom. The van der Waals surface area contributed by atoms with Crippen molar-refractivity contribution in [1.82, 2.24) is 14.7 Å². The highest BCUT2D eigenvalue weighted by atomic mass is 16.6. The summed E-state index contributed by atoms with van der Waals surface area (Å²) in [4.78, 5) is 60.1. The van der Waals surface area contributed by atoms with Crippen LogP contribution in [0.1, 0.15) is 175 Å². The minimum atomic E-state index is -1.28. The van der Waals surface area contributed by atoms with Crippen LogP contribution in [0.5, 0.6) is 23.0 Å². The van der Waals surface area contributed by atoms with Gasteiger partial charge in [0.2, 0.25) is 0 Å². The van der Waals surface area contributed by atoms with E-state index in [0.717, 1.165) is 38.5 Å². The number of aromatic hydroxyl groups is 1. The van der Waals surface area contributed by atoms with E-state index in [2.05, 4.69) is 65.8 Å². The Labute approximate surface area is 436 Å². The van der Waals surface area contributed by atoms with Gasteiger partial charge in [-0.25, -0.2) is 9.59 Å². The van der Waals surface area contributed by atoms with E-state index in [1.165, 1.54) is 39.3 Å². The number of carboxylic acid groups (broad SMARTS) is 1. The van der Waals surface area contributed by atoms with Crippen LogP contribution in [0.4, 0.5) is 4.79 Å². The molecule has 0 saturated carbocycles. The molecule has 15 heteroatoms. The first-order valence-electron chi connectivity index (χ1n) is 26.9. The summed E-state index contributed by atoms with van der Waals surface area (Å²) in [5.41, 5.74) is 5.56. The Hall–Kier alpha value is -5.64. The predicted octanol–water partition coefficient (Wildman–Crippen LogP) is 9.90. The molecule has 6 aliphatic heterocycles. The highest BCUT2D eigenvalue weighted by Crippen LogP contribution is 2.49. The maximum absolute atomic E-state index is 14.6. The number of hydrogen-bond donors (Lipinski definition) is 4. The number of amides is 3. The largest absolute Gasteiger partial charge is 0.508 e. The number of phenolic OH excluding ortho intramolecular Hbond substituents is 1. The van der Waals surface area contributed by atoms with E-state index in [-0.39, 0.29) is 73.7 Å². The molecule has 2 aromatic carbocycles. The molecular formula is C59H79N3O12. The van der Waals surface area contributed by atoms with Crippen molar-refractivity contribution in [3.63, 3.8) is 0 Å². The van der Waals surface area contributed by atoms with E-state index >= 15 is 0 Å². The van der Waals surface area contributed by atoms with Crippen LogP contribution >= 0.6 is 0 Å². The van der Waals surface area contributed by atoms with E-state index < -0.39 is 47.4 Å². The summed E-state index contributed by atoms with van der Waals surface area (Å²) in [5.74, 6) is -1.37. The van der Waals surface area contributed by atoms with Crippen LogP contribution < -0.4 is 14.2 Å². The van der Waals surface area contributed by atoms with Gasteiger partial charge in [-0.2, -0.15) is 0 Å². The molecular weight excluding hydrogens is 943 g/mol. The van der Waals surface area contributed by atoms with Gasteiger partial charge >= 0.3 is 12.1 Å². The van der Waals surface area contributed by atoms with E-state index in [0.29, 0.717) is 91.3 Å². The van der Waals surface area contributed by atoms with Crippen molar-refractivity contribution in [2.75, 3.05) is 32.8 Å². The molecule has 402 valence electrons. The lowest BCUT2D eigenvalue weighted by Crippen LogP contribution is -2.52. The van der Waals surface area contributed by atoms with Gasteiger partial charge in [0.05, 0.1) is 49.6 Å². The minimum Gasteiger partial charge on any atom is -0.508 e. The molecule has 8 rings (SSSR count).